The van der Waals surface area contributed by atoms with Gasteiger partial charge in [-0.2, -0.15) is 13.2 Å². The summed E-state index contributed by atoms with van der Waals surface area (Å²) >= 11 is 0. The third-order valence-electron chi connectivity index (χ3n) is 3.15. The Balaban J connectivity index is 0.000000246. The lowest BCUT2D eigenvalue weighted by molar-refractivity contribution is -0.192. The predicted molar refractivity (Wildman–Crippen MR) is 57.9 cm³/mol. The zero-order valence-electron chi connectivity index (χ0n) is 10.5. The Labute approximate surface area is 112 Å². The smallest absolute Gasteiger partial charge is 0.481 e. The van der Waals surface area contributed by atoms with Crippen molar-refractivity contribution in [1.82, 2.24) is 0 Å². The molecule has 0 aromatic carbocycles. The van der Waals surface area contributed by atoms with Crippen LogP contribution in [0.2, 0.25) is 0 Å². The van der Waals surface area contributed by atoms with Crippen LogP contribution in [0.5, 0.6) is 0 Å². The fraction of sp³-hybridized carbons (Fsp3) is 0.818. The van der Waals surface area contributed by atoms with E-state index in [2.05, 4.69) is 0 Å². The van der Waals surface area contributed by atoms with E-state index < -0.39 is 23.9 Å². The molecule has 2 rings (SSSR count). The maximum atomic E-state index is 10.7. The third kappa shape index (κ3) is 4.64. The summed E-state index contributed by atoms with van der Waals surface area (Å²) in [5.74, 6) is -4.06. The van der Waals surface area contributed by atoms with E-state index in [1.807, 2.05) is 0 Å². The highest BCUT2D eigenvalue weighted by atomic mass is 19.4. The van der Waals surface area contributed by atoms with Crippen LogP contribution in [0.3, 0.4) is 0 Å². The first-order valence-corrected chi connectivity index (χ1v) is 5.97. The monoisotopic (exact) mass is 300 g/mol. The summed E-state index contributed by atoms with van der Waals surface area (Å²) in [5.41, 5.74) is 0. The highest BCUT2D eigenvalue weighted by Crippen LogP contribution is 2.38. The van der Waals surface area contributed by atoms with Crippen LogP contribution in [0.15, 0.2) is 0 Å². The molecule has 0 aromatic heterocycles. The number of rotatable bonds is 1. The molecular formula is C11H15F3O6. The van der Waals surface area contributed by atoms with Crippen molar-refractivity contribution in [1.29, 1.82) is 0 Å². The third-order valence-corrected chi connectivity index (χ3v) is 3.15. The molecule has 0 bridgehead atoms. The fourth-order valence-corrected chi connectivity index (χ4v) is 2.09. The van der Waals surface area contributed by atoms with Crippen LogP contribution < -0.4 is 0 Å². The number of hydrogen-bond acceptors (Lipinski definition) is 4. The lowest BCUT2D eigenvalue weighted by Gasteiger charge is -2.33. The normalized spacial score (nSPS) is 22.1. The average molecular weight is 300 g/mol. The average Bonchev–Trinajstić information content (AvgIpc) is 2.77. The fourth-order valence-electron chi connectivity index (χ4n) is 2.09. The molecule has 0 atom stereocenters. The van der Waals surface area contributed by atoms with E-state index in [0.717, 1.165) is 12.8 Å². The van der Waals surface area contributed by atoms with E-state index in [9.17, 15) is 18.0 Å². The number of halogens is 3. The maximum Gasteiger partial charge on any atom is 0.490 e. The quantitative estimate of drug-likeness (QED) is 0.764. The summed E-state index contributed by atoms with van der Waals surface area (Å²) in [6.45, 7) is 1.30. The van der Waals surface area contributed by atoms with Crippen molar-refractivity contribution in [3.8, 4) is 0 Å². The zero-order chi connectivity index (χ0) is 15.4. The number of ether oxygens (including phenoxy) is 2. The summed E-state index contributed by atoms with van der Waals surface area (Å²) in [6.07, 6.45) is -2.28. The molecule has 1 saturated carbocycles. The van der Waals surface area contributed by atoms with Crippen LogP contribution in [0.25, 0.3) is 0 Å². The van der Waals surface area contributed by atoms with Gasteiger partial charge in [-0.15, -0.1) is 0 Å². The van der Waals surface area contributed by atoms with Gasteiger partial charge in [0, 0.05) is 12.8 Å². The van der Waals surface area contributed by atoms with E-state index in [0.29, 0.717) is 26.1 Å². The van der Waals surface area contributed by atoms with Crippen molar-refractivity contribution in [3.63, 3.8) is 0 Å². The molecule has 9 heteroatoms. The van der Waals surface area contributed by atoms with E-state index >= 15 is 0 Å². The summed E-state index contributed by atoms with van der Waals surface area (Å²) in [5, 5.41) is 15.9. The van der Waals surface area contributed by atoms with Crippen molar-refractivity contribution in [2.75, 3.05) is 13.2 Å². The molecule has 6 nitrogen and oxygen atoms in total. The molecule has 1 aliphatic carbocycles. The molecule has 2 aliphatic rings. The summed E-state index contributed by atoms with van der Waals surface area (Å²) in [6, 6.07) is 0. The Morgan fingerprint density at radius 2 is 1.45 bits per heavy atom. The van der Waals surface area contributed by atoms with Crippen molar-refractivity contribution >= 4 is 11.9 Å². The largest absolute Gasteiger partial charge is 0.490 e. The van der Waals surface area contributed by atoms with Gasteiger partial charge in [-0.3, -0.25) is 4.79 Å². The first-order valence-electron chi connectivity index (χ1n) is 5.97. The van der Waals surface area contributed by atoms with Crippen molar-refractivity contribution in [3.05, 3.63) is 0 Å². The van der Waals surface area contributed by atoms with Gasteiger partial charge in [0.2, 0.25) is 0 Å². The second kappa shape index (κ2) is 6.40. The number of aliphatic carboxylic acids is 2. The molecule has 20 heavy (non-hydrogen) atoms. The topological polar surface area (TPSA) is 93.1 Å². The Morgan fingerprint density at radius 1 is 1.05 bits per heavy atom. The molecule has 1 heterocycles. The van der Waals surface area contributed by atoms with Crippen LogP contribution >= 0.6 is 0 Å². The summed E-state index contributed by atoms with van der Waals surface area (Å²) in [4.78, 5) is 19.6. The SMILES string of the molecule is O=C(O)C(F)(F)F.O=C(O)C1CCC2(CC1)OCCO2. The van der Waals surface area contributed by atoms with Crippen LogP contribution in [0, 0.1) is 5.92 Å². The van der Waals surface area contributed by atoms with E-state index in [1.54, 1.807) is 0 Å². The molecule has 0 aromatic rings. The highest BCUT2D eigenvalue weighted by Gasteiger charge is 2.41. The van der Waals surface area contributed by atoms with Gasteiger partial charge in [0.1, 0.15) is 0 Å². The van der Waals surface area contributed by atoms with Gasteiger partial charge in [0.25, 0.3) is 0 Å². The van der Waals surface area contributed by atoms with Gasteiger partial charge in [-0.25, -0.2) is 4.79 Å². The summed E-state index contributed by atoms with van der Waals surface area (Å²) < 4.78 is 42.7. The van der Waals surface area contributed by atoms with Crippen molar-refractivity contribution in [2.45, 2.75) is 37.6 Å². The second-order valence-corrected chi connectivity index (χ2v) is 4.52. The predicted octanol–water partition coefficient (Wildman–Crippen LogP) is 1.64. The maximum absolute atomic E-state index is 10.7. The first kappa shape index (κ1) is 16.7. The molecule has 2 N–H and O–H groups in total. The molecule has 2 fully saturated rings. The van der Waals surface area contributed by atoms with Crippen LogP contribution in [0.1, 0.15) is 25.7 Å². The van der Waals surface area contributed by atoms with Crippen LogP contribution in [0.4, 0.5) is 13.2 Å². The Kier molecular flexibility index (Phi) is 5.35. The van der Waals surface area contributed by atoms with E-state index in [1.165, 1.54) is 0 Å². The van der Waals surface area contributed by atoms with Gasteiger partial charge >= 0.3 is 18.1 Å². The molecule has 0 amide bonds. The van der Waals surface area contributed by atoms with Crippen LogP contribution in [-0.2, 0) is 19.1 Å². The number of carboxylic acids is 2. The van der Waals surface area contributed by atoms with Crippen LogP contribution in [-0.4, -0.2) is 47.3 Å². The molecule has 1 saturated heterocycles. The standard InChI is InChI=1S/C9H14O4.C2HF3O2/c10-8(11)7-1-3-9(4-2-7)12-5-6-13-9;3-2(4,5)1(6)7/h7H,1-6H2,(H,10,11);(H,6,7). The zero-order valence-corrected chi connectivity index (χ0v) is 10.5. The van der Waals surface area contributed by atoms with Crippen molar-refractivity contribution in [2.24, 2.45) is 5.92 Å². The minimum absolute atomic E-state index is 0.196. The highest BCUT2D eigenvalue weighted by molar-refractivity contribution is 5.73. The molecule has 0 unspecified atom stereocenters. The lowest BCUT2D eigenvalue weighted by atomic mass is 9.85. The number of alkyl halides is 3. The summed E-state index contributed by atoms with van der Waals surface area (Å²) in [7, 11) is 0. The second-order valence-electron chi connectivity index (χ2n) is 4.52. The minimum atomic E-state index is -5.08. The molecule has 0 radical (unpaired) electrons. The lowest BCUT2D eigenvalue weighted by Crippen LogP contribution is -2.36. The number of hydrogen-bond donors (Lipinski definition) is 2. The number of carboxylic acid groups (broad SMARTS) is 2. The van der Waals surface area contributed by atoms with E-state index in [-0.39, 0.29) is 5.92 Å². The Bertz CT molecular complexity index is 352. The number of carbonyl (C=O) groups is 2. The molecular weight excluding hydrogens is 285 g/mol. The van der Waals surface area contributed by atoms with Gasteiger partial charge in [0.05, 0.1) is 19.1 Å². The van der Waals surface area contributed by atoms with Gasteiger partial charge in [-0.05, 0) is 12.8 Å². The van der Waals surface area contributed by atoms with E-state index in [4.69, 9.17) is 24.5 Å². The van der Waals surface area contributed by atoms with Gasteiger partial charge in [-0.1, -0.05) is 0 Å². The Morgan fingerprint density at radius 3 is 1.75 bits per heavy atom. The van der Waals surface area contributed by atoms with Gasteiger partial charge < -0.3 is 19.7 Å². The van der Waals surface area contributed by atoms with Gasteiger partial charge in [0.15, 0.2) is 5.79 Å². The minimum Gasteiger partial charge on any atom is -0.481 e. The first-order chi connectivity index (χ1) is 9.16. The molecule has 116 valence electrons. The Hall–Kier alpha value is -1.35. The molecule has 1 aliphatic heterocycles. The molecule has 1 spiro atoms. The van der Waals surface area contributed by atoms with Crippen molar-refractivity contribution < 1.29 is 42.4 Å².